The molecule has 0 radical (unpaired) electrons. The van der Waals surface area contributed by atoms with E-state index in [2.05, 4.69) is 14.3 Å². The zero-order valence-corrected chi connectivity index (χ0v) is 9.71. The standard InChI is InChI=1S/C9H4F3N3S2/c10-9(11,12)7-5(2-15-17-7)4-1-13-8-6(4)16-3-14-8/h1-3,13H. The molecule has 88 valence electrons. The molecule has 17 heavy (non-hydrogen) atoms. The third-order valence-corrected chi connectivity index (χ3v) is 3.99. The van der Waals surface area contributed by atoms with Crippen molar-refractivity contribution in [2.24, 2.45) is 0 Å². The Balaban J connectivity index is 2.24. The Kier molecular flexibility index (Phi) is 2.23. The SMILES string of the molecule is FC(F)(F)c1sncc1-c1c[nH]c2ncsc12. The molecule has 3 aromatic heterocycles. The van der Waals surface area contributed by atoms with Crippen LogP contribution in [0.15, 0.2) is 17.9 Å². The molecule has 0 saturated carbocycles. The maximum Gasteiger partial charge on any atom is 0.427 e. The molecule has 0 saturated heterocycles. The van der Waals surface area contributed by atoms with Crippen molar-refractivity contribution in [3.8, 4) is 11.1 Å². The predicted molar refractivity (Wildman–Crippen MR) is 60.1 cm³/mol. The molecule has 3 nitrogen and oxygen atoms in total. The van der Waals surface area contributed by atoms with Crippen molar-refractivity contribution < 1.29 is 13.2 Å². The smallest absolute Gasteiger partial charge is 0.345 e. The first-order chi connectivity index (χ1) is 8.07. The highest BCUT2D eigenvalue weighted by Gasteiger charge is 2.36. The number of rotatable bonds is 1. The van der Waals surface area contributed by atoms with E-state index >= 15 is 0 Å². The first-order valence-electron chi connectivity index (χ1n) is 4.50. The average molecular weight is 275 g/mol. The predicted octanol–water partition coefficient (Wildman–Crippen LogP) is 3.77. The Labute approximate surface area is 101 Å². The molecular weight excluding hydrogens is 271 g/mol. The summed E-state index contributed by atoms with van der Waals surface area (Å²) in [6.07, 6.45) is -1.59. The summed E-state index contributed by atoms with van der Waals surface area (Å²) in [4.78, 5) is 6.18. The van der Waals surface area contributed by atoms with Gasteiger partial charge in [0.2, 0.25) is 0 Å². The van der Waals surface area contributed by atoms with Crippen molar-refractivity contribution in [1.29, 1.82) is 0 Å². The van der Waals surface area contributed by atoms with Gasteiger partial charge in [-0.25, -0.2) is 4.98 Å². The van der Waals surface area contributed by atoms with E-state index in [1.54, 1.807) is 5.51 Å². The number of nitrogens with one attached hydrogen (secondary N) is 1. The molecule has 8 heteroatoms. The first-order valence-corrected chi connectivity index (χ1v) is 6.15. The average Bonchev–Trinajstić information content (AvgIpc) is 2.90. The van der Waals surface area contributed by atoms with Crippen molar-refractivity contribution in [2.75, 3.05) is 0 Å². The Morgan fingerprint density at radius 3 is 2.82 bits per heavy atom. The van der Waals surface area contributed by atoms with Gasteiger partial charge in [0.1, 0.15) is 10.5 Å². The molecule has 0 aliphatic carbocycles. The normalized spacial score (nSPS) is 12.4. The second-order valence-electron chi connectivity index (χ2n) is 3.30. The first kappa shape index (κ1) is 10.7. The molecule has 0 aromatic carbocycles. The molecule has 0 spiro atoms. The van der Waals surface area contributed by atoms with Crippen molar-refractivity contribution in [2.45, 2.75) is 6.18 Å². The monoisotopic (exact) mass is 275 g/mol. The highest BCUT2D eigenvalue weighted by atomic mass is 32.1. The van der Waals surface area contributed by atoms with Gasteiger partial charge in [0.25, 0.3) is 0 Å². The van der Waals surface area contributed by atoms with Crippen molar-refractivity contribution in [1.82, 2.24) is 14.3 Å². The summed E-state index contributed by atoms with van der Waals surface area (Å²) < 4.78 is 42.6. The fourth-order valence-corrected chi connectivity index (χ4v) is 2.99. The molecule has 0 fully saturated rings. The van der Waals surface area contributed by atoms with Crippen LogP contribution < -0.4 is 0 Å². The quantitative estimate of drug-likeness (QED) is 0.734. The minimum absolute atomic E-state index is 0.109. The zero-order chi connectivity index (χ0) is 12.0. The molecule has 3 aromatic rings. The number of H-pyrrole nitrogens is 1. The number of aromatic nitrogens is 3. The van der Waals surface area contributed by atoms with Gasteiger partial charge in [-0.3, -0.25) is 0 Å². The largest absolute Gasteiger partial charge is 0.427 e. The molecule has 0 amide bonds. The second-order valence-corrected chi connectivity index (χ2v) is 4.96. The minimum Gasteiger partial charge on any atom is -0.345 e. The number of hydrogen-bond acceptors (Lipinski definition) is 4. The van der Waals surface area contributed by atoms with Crippen LogP contribution in [0.4, 0.5) is 13.2 Å². The third-order valence-electron chi connectivity index (χ3n) is 2.28. The Morgan fingerprint density at radius 1 is 1.24 bits per heavy atom. The van der Waals surface area contributed by atoms with Crippen LogP contribution in [0.2, 0.25) is 0 Å². The molecular formula is C9H4F3N3S2. The van der Waals surface area contributed by atoms with Gasteiger partial charge in [0.15, 0.2) is 0 Å². The van der Waals surface area contributed by atoms with Gasteiger partial charge in [-0.2, -0.15) is 17.5 Å². The highest BCUT2D eigenvalue weighted by molar-refractivity contribution is 7.17. The van der Waals surface area contributed by atoms with Gasteiger partial charge in [-0.05, 0) is 11.5 Å². The van der Waals surface area contributed by atoms with E-state index < -0.39 is 11.1 Å². The maximum absolute atomic E-state index is 12.7. The van der Waals surface area contributed by atoms with Gasteiger partial charge in [-0.1, -0.05) is 0 Å². The van der Waals surface area contributed by atoms with Crippen LogP contribution in [0.5, 0.6) is 0 Å². The number of halogens is 3. The molecule has 3 rings (SSSR count). The van der Waals surface area contributed by atoms with E-state index in [1.165, 1.54) is 23.7 Å². The number of alkyl halides is 3. The van der Waals surface area contributed by atoms with E-state index in [0.29, 0.717) is 22.7 Å². The lowest BCUT2D eigenvalue weighted by atomic mass is 10.1. The van der Waals surface area contributed by atoms with Gasteiger partial charge in [0.05, 0.1) is 10.2 Å². The van der Waals surface area contributed by atoms with E-state index in [-0.39, 0.29) is 5.56 Å². The summed E-state index contributed by atoms with van der Waals surface area (Å²) in [5.74, 6) is 0. The number of thiazole rings is 1. The van der Waals surface area contributed by atoms with Crippen LogP contribution in [0.1, 0.15) is 4.88 Å². The summed E-state index contributed by atoms with van der Waals surface area (Å²) >= 11 is 1.77. The van der Waals surface area contributed by atoms with Crippen LogP contribution in [-0.4, -0.2) is 14.3 Å². The summed E-state index contributed by atoms with van der Waals surface area (Å²) in [5, 5.41) is 0. The fraction of sp³-hybridized carbons (Fsp3) is 0.111. The summed E-state index contributed by atoms with van der Waals surface area (Å²) in [6, 6.07) is 0. The highest BCUT2D eigenvalue weighted by Crippen LogP contribution is 2.42. The van der Waals surface area contributed by atoms with Crippen LogP contribution in [0, 0.1) is 0 Å². The van der Waals surface area contributed by atoms with Crippen LogP contribution in [0.3, 0.4) is 0 Å². The molecule has 0 bridgehead atoms. The van der Waals surface area contributed by atoms with E-state index in [4.69, 9.17) is 0 Å². The van der Waals surface area contributed by atoms with Crippen LogP contribution >= 0.6 is 22.9 Å². The van der Waals surface area contributed by atoms with E-state index in [0.717, 1.165) is 4.70 Å². The van der Waals surface area contributed by atoms with Gasteiger partial charge in [-0.15, -0.1) is 11.3 Å². The molecule has 0 unspecified atom stereocenters. The summed E-state index contributed by atoms with van der Waals surface area (Å²) in [5.41, 5.74) is 2.81. The third kappa shape index (κ3) is 1.64. The van der Waals surface area contributed by atoms with Gasteiger partial charge in [0, 0.05) is 23.5 Å². The zero-order valence-electron chi connectivity index (χ0n) is 8.08. The fourth-order valence-electron chi connectivity index (χ4n) is 1.58. The number of aromatic amines is 1. The molecule has 0 atom stereocenters. The lowest BCUT2D eigenvalue weighted by molar-refractivity contribution is -0.133. The molecule has 3 heterocycles. The Bertz CT molecular complexity index is 664. The van der Waals surface area contributed by atoms with Crippen LogP contribution in [0.25, 0.3) is 21.5 Å². The van der Waals surface area contributed by atoms with Crippen molar-refractivity contribution >= 4 is 33.2 Å². The lowest BCUT2D eigenvalue weighted by Gasteiger charge is -2.04. The second kappa shape index (κ2) is 3.54. The van der Waals surface area contributed by atoms with Gasteiger partial charge < -0.3 is 4.98 Å². The van der Waals surface area contributed by atoms with E-state index in [1.807, 2.05) is 0 Å². The van der Waals surface area contributed by atoms with Crippen molar-refractivity contribution in [3.05, 3.63) is 22.8 Å². The van der Waals surface area contributed by atoms with Crippen molar-refractivity contribution in [3.63, 3.8) is 0 Å². The van der Waals surface area contributed by atoms with Crippen LogP contribution in [-0.2, 0) is 6.18 Å². The Morgan fingerprint density at radius 2 is 2.06 bits per heavy atom. The van der Waals surface area contributed by atoms with Gasteiger partial charge >= 0.3 is 6.18 Å². The molecule has 0 aliphatic heterocycles. The minimum atomic E-state index is -4.37. The molecule has 0 aliphatic rings. The lowest BCUT2D eigenvalue weighted by Crippen LogP contribution is -2.03. The van der Waals surface area contributed by atoms with E-state index in [9.17, 15) is 13.2 Å². The maximum atomic E-state index is 12.7. The number of fused-ring (bicyclic) bond motifs is 1. The summed E-state index contributed by atoms with van der Waals surface area (Å²) in [7, 11) is 0. The molecule has 1 N–H and O–H groups in total. The number of hydrogen-bond donors (Lipinski definition) is 1. The Hall–Kier alpha value is -1.41. The summed E-state index contributed by atoms with van der Waals surface area (Å²) in [6.45, 7) is 0. The topological polar surface area (TPSA) is 41.6 Å². The number of nitrogens with zero attached hydrogens (tertiary/aromatic N) is 2.